The molecule has 1 rings (SSSR count). The minimum absolute atomic E-state index is 0.286. The molecule has 0 aliphatic carbocycles. The molecular formula is C9H6ClF3O2. The molecule has 0 spiro atoms. The van der Waals surface area contributed by atoms with Crippen molar-refractivity contribution in [3.8, 4) is 0 Å². The third kappa shape index (κ3) is 2.62. The predicted octanol–water partition coefficient (Wildman–Crippen LogP) is 2.77. The second-order valence-electron chi connectivity index (χ2n) is 2.85. The van der Waals surface area contributed by atoms with Gasteiger partial charge in [0.25, 0.3) is 0 Å². The number of hydrogen-bond donors (Lipinski definition) is 1. The highest BCUT2D eigenvalue weighted by Gasteiger charge is 2.17. The molecule has 0 unspecified atom stereocenters. The Morgan fingerprint density at radius 3 is 2.47 bits per heavy atom. The summed E-state index contributed by atoms with van der Waals surface area (Å²) in [4.78, 5) is 10.2. The highest BCUT2D eigenvalue weighted by atomic mass is 35.5. The molecule has 0 bridgehead atoms. The van der Waals surface area contributed by atoms with Crippen molar-refractivity contribution in [2.75, 3.05) is 0 Å². The van der Waals surface area contributed by atoms with Crippen LogP contribution in [0.2, 0.25) is 5.02 Å². The van der Waals surface area contributed by atoms with E-state index in [0.29, 0.717) is 6.07 Å². The van der Waals surface area contributed by atoms with E-state index in [9.17, 15) is 18.0 Å². The Morgan fingerprint density at radius 1 is 1.33 bits per heavy atom. The van der Waals surface area contributed by atoms with Gasteiger partial charge in [-0.25, -0.2) is 13.2 Å². The van der Waals surface area contributed by atoms with E-state index in [1.807, 2.05) is 0 Å². The molecular weight excluding hydrogens is 233 g/mol. The number of carboxylic acid groups (broad SMARTS) is 1. The van der Waals surface area contributed by atoms with Gasteiger partial charge in [-0.05, 0) is 18.1 Å². The van der Waals surface area contributed by atoms with E-state index in [-0.39, 0.29) is 12.0 Å². The number of carbonyl (C=O) groups is 1. The van der Waals surface area contributed by atoms with Crippen molar-refractivity contribution in [3.05, 3.63) is 34.1 Å². The van der Waals surface area contributed by atoms with Gasteiger partial charge in [0.05, 0.1) is 0 Å². The van der Waals surface area contributed by atoms with Crippen molar-refractivity contribution in [2.24, 2.45) is 0 Å². The molecule has 1 aromatic rings. The Balaban J connectivity index is 3.04. The van der Waals surface area contributed by atoms with Gasteiger partial charge in [0.15, 0.2) is 11.6 Å². The van der Waals surface area contributed by atoms with Gasteiger partial charge >= 0.3 is 5.97 Å². The topological polar surface area (TPSA) is 37.3 Å². The Morgan fingerprint density at radius 2 is 1.93 bits per heavy atom. The first-order valence-electron chi connectivity index (χ1n) is 3.97. The first-order chi connectivity index (χ1) is 6.93. The van der Waals surface area contributed by atoms with E-state index in [4.69, 9.17) is 16.7 Å². The molecule has 0 saturated carbocycles. The number of aliphatic carboxylic acids is 1. The normalized spacial score (nSPS) is 10.4. The maximum atomic E-state index is 13.1. The molecule has 0 saturated heterocycles. The van der Waals surface area contributed by atoms with Crippen LogP contribution < -0.4 is 0 Å². The maximum Gasteiger partial charge on any atom is 0.303 e. The first kappa shape index (κ1) is 11.8. The minimum Gasteiger partial charge on any atom is -0.481 e. The lowest BCUT2D eigenvalue weighted by Crippen LogP contribution is -2.02. The molecule has 0 aliphatic heterocycles. The van der Waals surface area contributed by atoms with Gasteiger partial charge in [-0.15, -0.1) is 0 Å². The van der Waals surface area contributed by atoms with Crippen LogP contribution in [0.1, 0.15) is 12.0 Å². The quantitative estimate of drug-likeness (QED) is 0.649. The predicted molar refractivity (Wildman–Crippen MR) is 47.3 cm³/mol. The molecule has 2 nitrogen and oxygen atoms in total. The van der Waals surface area contributed by atoms with Crippen LogP contribution in [0.5, 0.6) is 0 Å². The summed E-state index contributed by atoms with van der Waals surface area (Å²) >= 11 is 5.11. The molecule has 0 amide bonds. The van der Waals surface area contributed by atoms with Crippen LogP contribution in [0.3, 0.4) is 0 Å². The van der Waals surface area contributed by atoms with Crippen LogP contribution in [-0.4, -0.2) is 11.1 Å². The molecule has 82 valence electrons. The maximum absolute atomic E-state index is 13.1. The third-order valence-electron chi connectivity index (χ3n) is 1.79. The smallest absolute Gasteiger partial charge is 0.303 e. The summed E-state index contributed by atoms with van der Waals surface area (Å²) in [6.07, 6.45) is -0.691. The highest BCUT2D eigenvalue weighted by molar-refractivity contribution is 6.30. The van der Waals surface area contributed by atoms with Crippen molar-refractivity contribution in [2.45, 2.75) is 12.8 Å². The van der Waals surface area contributed by atoms with Crippen molar-refractivity contribution >= 4 is 17.6 Å². The highest BCUT2D eigenvalue weighted by Crippen LogP contribution is 2.24. The molecule has 0 heterocycles. The molecule has 0 fully saturated rings. The average Bonchev–Trinajstić information content (AvgIpc) is 2.18. The first-order valence-corrected chi connectivity index (χ1v) is 4.35. The van der Waals surface area contributed by atoms with Crippen LogP contribution in [0.15, 0.2) is 6.07 Å². The number of benzene rings is 1. The van der Waals surface area contributed by atoms with Gasteiger partial charge in [-0.1, -0.05) is 11.6 Å². The SMILES string of the molecule is O=C(O)CCc1cc(F)c(Cl)c(F)c1F. The van der Waals surface area contributed by atoms with E-state index in [2.05, 4.69) is 0 Å². The summed E-state index contributed by atoms with van der Waals surface area (Å²) in [6, 6.07) is 0.698. The van der Waals surface area contributed by atoms with Crippen molar-refractivity contribution in [3.63, 3.8) is 0 Å². The number of rotatable bonds is 3. The zero-order chi connectivity index (χ0) is 11.6. The summed E-state index contributed by atoms with van der Waals surface area (Å²) in [5, 5.41) is 7.40. The number of carboxylic acids is 1. The van der Waals surface area contributed by atoms with Gasteiger partial charge < -0.3 is 5.11 Å². The zero-order valence-corrected chi connectivity index (χ0v) is 8.11. The van der Waals surface area contributed by atoms with E-state index < -0.39 is 34.9 Å². The second-order valence-corrected chi connectivity index (χ2v) is 3.23. The lowest BCUT2D eigenvalue weighted by Gasteiger charge is -2.04. The molecule has 0 radical (unpaired) electrons. The molecule has 6 heteroatoms. The van der Waals surface area contributed by atoms with Crippen molar-refractivity contribution in [1.82, 2.24) is 0 Å². The fourth-order valence-corrected chi connectivity index (χ4v) is 1.18. The van der Waals surface area contributed by atoms with E-state index >= 15 is 0 Å². The standard InChI is InChI=1S/C9H6ClF3O2/c10-7-5(11)3-4(1-2-6(14)15)8(12)9(7)13/h3H,1-2H2,(H,14,15). The summed E-state index contributed by atoms with van der Waals surface area (Å²) in [5.41, 5.74) is -0.336. The molecule has 0 atom stereocenters. The van der Waals surface area contributed by atoms with Gasteiger partial charge in [0, 0.05) is 6.42 Å². The minimum atomic E-state index is -1.49. The number of halogens is 4. The largest absolute Gasteiger partial charge is 0.481 e. The molecule has 1 aromatic carbocycles. The van der Waals surface area contributed by atoms with Gasteiger partial charge in [-0.3, -0.25) is 4.79 Å². The summed E-state index contributed by atoms with van der Waals surface area (Å²) in [5.74, 6) is -5.07. The van der Waals surface area contributed by atoms with Gasteiger partial charge in [0.2, 0.25) is 0 Å². The lowest BCUT2D eigenvalue weighted by atomic mass is 10.1. The number of aryl methyl sites for hydroxylation is 1. The van der Waals surface area contributed by atoms with Gasteiger partial charge in [0.1, 0.15) is 10.8 Å². The van der Waals surface area contributed by atoms with Crippen LogP contribution in [0.4, 0.5) is 13.2 Å². The zero-order valence-electron chi connectivity index (χ0n) is 7.36. The van der Waals surface area contributed by atoms with Crippen molar-refractivity contribution < 1.29 is 23.1 Å². The fourth-order valence-electron chi connectivity index (χ4n) is 1.05. The third-order valence-corrected chi connectivity index (χ3v) is 2.13. The van der Waals surface area contributed by atoms with Crippen LogP contribution in [0, 0.1) is 17.5 Å². The molecule has 0 aromatic heterocycles. The van der Waals surface area contributed by atoms with Crippen LogP contribution in [-0.2, 0) is 11.2 Å². The summed E-state index contributed by atoms with van der Waals surface area (Å²) in [7, 11) is 0. The van der Waals surface area contributed by atoms with Gasteiger partial charge in [-0.2, -0.15) is 0 Å². The van der Waals surface area contributed by atoms with Crippen molar-refractivity contribution in [1.29, 1.82) is 0 Å². The Labute approximate surface area is 88.3 Å². The van der Waals surface area contributed by atoms with E-state index in [1.165, 1.54) is 0 Å². The Hall–Kier alpha value is -1.23. The fraction of sp³-hybridized carbons (Fsp3) is 0.222. The van der Waals surface area contributed by atoms with Crippen LogP contribution in [0.25, 0.3) is 0 Å². The summed E-state index contributed by atoms with van der Waals surface area (Å²) in [6.45, 7) is 0. The van der Waals surface area contributed by atoms with Crippen LogP contribution >= 0.6 is 11.6 Å². The average molecular weight is 239 g/mol. The second kappa shape index (κ2) is 4.53. The molecule has 15 heavy (non-hydrogen) atoms. The monoisotopic (exact) mass is 238 g/mol. The number of hydrogen-bond acceptors (Lipinski definition) is 1. The van der Waals surface area contributed by atoms with E-state index in [0.717, 1.165) is 0 Å². The Bertz CT molecular complexity index is 407. The Kier molecular flexibility index (Phi) is 3.57. The molecule has 0 aliphatic rings. The van der Waals surface area contributed by atoms with E-state index in [1.54, 1.807) is 0 Å². The summed E-state index contributed by atoms with van der Waals surface area (Å²) < 4.78 is 38.8. The molecule has 1 N–H and O–H groups in total. The lowest BCUT2D eigenvalue weighted by molar-refractivity contribution is -0.136.